The van der Waals surface area contributed by atoms with Crippen molar-refractivity contribution in [3.05, 3.63) is 82.4 Å². The van der Waals surface area contributed by atoms with E-state index in [4.69, 9.17) is 22.3 Å². The molecule has 0 bridgehead atoms. The summed E-state index contributed by atoms with van der Waals surface area (Å²) in [5.74, 6) is 0.532. The first-order valence-corrected chi connectivity index (χ1v) is 8.83. The van der Waals surface area contributed by atoms with E-state index in [0.29, 0.717) is 10.8 Å². The largest absolute Gasteiger partial charge is 0.384 e. The summed E-state index contributed by atoms with van der Waals surface area (Å²) in [6, 6.07) is 13.9. The van der Waals surface area contributed by atoms with Crippen molar-refractivity contribution in [1.82, 2.24) is 14.4 Å². The number of hydrogen-bond acceptors (Lipinski definition) is 3. The fourth-order valence-corrected chi connectivity index (χ4v) is 3.36. The fourth-order valence-electron chi connectivity index (χ4n) is 3.17. The van der Waals surface area contributed by atoms with E-state index in [9.17, 15) is 0 Å². The number of nitrogens with zero attached hydrogens (tertiary/aromatic N) is 3. The maximum absolute atomic E-state index is 6.22. The monoisotopic (exact) mass is 362 g/mol. The topological polar surface area (TPSA) is 56.2 Å². The Labute approximate surface area is 157 Å². The predicted molar refractivity (Wildman–Crippen MR) is 107 cm³/mol. The average Bonchev–Trinajstić information content (AvgIpc) is 2.91. The van der Waals surface area contributed by atoms with Crippen molar-refractivity contribution in [3.63, 3.8) is 0 Å². The van der Waals surface area contributed by atoms with Gasteiger partial charge in [0, 0.05) is 35.1 Å². The summed E-state index contributed by atoms with van der Waals surface area (Å²) < 4.78 is 2.16. The van der Waals surface area contributed by atoms with Crippen LogP contribution in [0.2, 0.25) is 5.02 Å². The number of imidazole rings is 1. The summed E-state index contributed by atoms with van der Waals surface area (Å²) in [6.45, 7) is 4.12. The highest BCUT2D eigenvalue weighted by Crippen LogP contribution is 2.29. The Bertz CT molecular complexity index is 1100. The van der Waals surface area contributed by atoms with E-state index >= 15 is 0 Å². The van der Waals surface area contributed by atoms with Gasteiger partial charge in [-0.05, 0) is 54.8 Å². The van der Waals surface area contributed by atoms with Crippen LogP contribution in [-0.4, -0.2) is 14.4 Å². The average molecular weight is 363 g/mol. The lowest BCUT2D eigenvalue weighted by Gasteiger charge is -2.10. The number of halogens is 1. The van der Waals surface area contributed by atoms with Crippen LogP contribution in [0.25, 0.3) is 16.8 Å². The molecule has 4 aromatic rings. The van der Waals surface area contributed by atoms with Gasteiger partial charge in [0.2, 0.25) is 0 Å². The van der Waals surface area contributed by atoms with Crippen molar-refractivity contribution in [2.45, 2.75) is 20.3 Å². The quantitative estimate of drug-likeness (QED) is 0.567. The first-order chi connectivity index (χ1) is 12.5. The Morgan fingerprint density at radius 1 is 1.08 bits per heavy atom. The molecule has 4 rings (SSSR count). The highest BCUT2D eigenvalue weighted by atomic mass is 35.5. The first kappa shape index (κ1) is 16.6. The first-order valence-electron chi connectivity index (χ1n) is 8.46. The van der Waals surface area contributed by atoms with Crippen LogP contribution < -0.4 is 5.73 Å². The minimum absolute atomic E-state index is 0.532. The molecule has 0 saturated carbocycles. The van der Waals surface area contributed by atoms with Gasteiger partial charge < -0.3 is 10.1 Å². The summed E-state index contributed by atoms with van der Waals surface area (Å²) in [5, 5.41) is 0.716. The second kappa shape index (κ2) is 6.46. The number of nitrogen functional groups attached to an aromatic ring is 1. The van der Waals surface area contributed by atoms with Crippen LogP contribution in [0, 0.1) is 13.8 Å². The van der Waals surface area contributed by atoms with Gasteiger partial charge >= 0.3 is 0 Å². The van der Waals surface area contributed by atoms with Gasteiger partial charge in [-0.3, -0.25) is 0 Å². The van der Waals surface area contributed by atoms with Crippen LogP contribution >= 0.6 is 11.6 Å². The number of anilines is 1. The van der Waals surface area contributed by atoms with Crippen molar-refractivity contribution in [2.24, 2.45) is 0 Å². The van der Waals surface area contributed by atoms with Gasteiger partial charge in [-0.15, -0.1) is 0 Å². The zero-order chi connectivity index (χ0) is 18.3. The van der Waals surface area contributed by atoms with Crippen LogP contribution in [-0.2, 0) is 6.42 Å². The fraction of sp³-hybridized carbons (Fsp3) is 0.143. The van der Waals surface area contributed by atoms with Crippen molar-refractivity contribution >= 4 is 23.1 Å². The summed E-state index contributed by atoms with van der Waals surface area (Å²) in [5.41, 5.74) is 13.2. The van der Waals surface area contributed by atoms with Crippen molar-refractivity contribution in [3.8, 4) is 11.1 Å². The molecule has 0 unspecified atom stereocenters. The van der Waals surface area contributed by atoms with Gasteiger partial charge in [0.25, 0.3) is 0 Å². The molecule has 0 atom stereocenters. The lowest BCUT2D eigenvalue weighted by Crippen LogP contribution is -1.98. The molecule has 0 fully saturated rings. The van der Waals surface area contributed by atoms with Gasteiger partial charge in [0.05, 0.1) is 5.69 Å². The maximum Gasteiger partial charge on any atom is 0.145 e. The molecule has 0 spiro atoms. The van der Waals surface area contributed by atoms with E-state index in [1.54, 1.807) is 0 Å². The van der Waals surface area contributed by atoms with Crippen molar-refractivity contribution in [1.29, 1.82) is 0 Å². The third-order valence-corrected chi connectivity index (χ3v) is 4.88. The van der Waals surface area contributed by atoms with Crippen LogP contribution in [0.5, 0.6) is 0 Å². The molecule has 130 valence electrons. The van der Waals surface area contributed by atoms with Gasteiger partial charge in [0.15, 0.2) is 0 Å². The number of nitrogens with two attached hydrogens (primary N) is 1. The van der Waals surface area contributed by atoms with Gasteiger partial charge in [-0.1, -0.05) is 29.8 Å². The molecule has 2 N–H and O–H groups in total. The Morgan fingerprint density at radius 3 is 2.65 bits per heavy atom. The summed E-state index contributed by atoms with van der Waals surface area (Å²) in [6.07, 6.45) is 4.74. The predicted octanol–water partition coefficient (Wildman–Crippen LogP) is 4.84. The van der Waals surface area contributed by atoms with Crippen LogP contribution in [0.4, 0.5) is 5.82 Å². The van der Waals surface area contributed by atoms with E-state index in [0.717, 1.165) is 40.1 Å². The van der Waals surface area contributed by atoms with Crippen LogP contribution in [0.15, 0.2) is 54.9 Å². The third kappa shape index (κ3) is 3.04. The van der Waals surface area contributed by atoms with E-state index in [1.165, 1.54) is 5.56 Å². The molecular weight excluding hydrogens is 344 g/mol. The third-order valence-electron chi connectivity index (χ3n) is 4.64. The Balaban J connectivity index is 1.89. The van der Waals surface area contributed by atoms with Gasteiger partial charge in [0.1, 0.15) is 11.5 Å². The molecule has 3 heterocycles. The molecular formula is C21H19ClN4. The molecule has 0 saturated heterocycles. The summed E-state index contributed by atoms with van der Waals surface area (Å²) in [4.78, 5) is 8.96. The Morgan fingerprint density at radius 2 is 1.92 bits per heavy atom. The molecule has 3 aromatic heterocycles. The summed E-state index contributed by atoms with van der Waals surface area (Å²) >= 11 is 6.22. The number of rotatable bonds is 3. The second-order valence-corrected chi connectivity index (χ2v) is 6.95. The number of benzene rings is 1. The Hall–Kier alpha value is -2.85. The normalized spacial score (nSPS) is 11.2. The standard InChI is InChI=1S/C21H19ClN4/c1-13-14(2)26-12-16(8-15-6-7-20(23)24-11-15)9-19(21(26)25-13)17-4-3-5-18(22)10-17/h3-7,9-12H,8H2,1-2H3,(H2,23,24). The number of aryl methyl sites for hydroxylation is 2. The summed E-state index contributed by atoms with van der Waals surface area (Å²) in [7, 11) is 0. The van der Waals surface area contributed by atoms with Gasteiger partial charge in [-0.25, -0.2) is 9.97 Å². The molecule has 26 heavy (non-hydrogen) atoms. The molecule has 4 nitrogen and oxygen atoms in total. The highest BCUT2D eigenvalue weighted by Gasteiger charge is 2.13. The smallest absolute Gasteiger partial charge is 0.145 e. The maximum atomic E-state index is 6.22. The van der Waals surface area contributed by atoms with Gasteiger partial charge in [-0.2, -0.15) is 0 Å². The highest BCUT2D eigenvalue weighted by molar-refractivity contribution is 6.30. The van der Waals surface area contributed by atoms with E-state index in [2.05, 4.69) is 34.6 Å². The molecule has 0 radical (unpaired) electrons. The van der Waals surface area contributed by atoms with E-state index < -0.39 is 0 Å². The molecule has 0 aliphatic carbocycles. The number of aromatic nitrogens is 3. The van der Waals surface area contributed by atoms with Crippen LogP contribution in [0.1, 0.15) is 22.5 Å². The van der Waals surface area contributed by atoms with Crippen molar-refractivity contribution < 1.29 is 0 Å². The SMILES string of the molecule is Cc1nc2c(-c3cccc(Cl)c3)cc(Cc3ccc(N)nc3)cn2c1C. The number of hydrogen-bond donors (Lipinski definition) is 1. The number of pyridine rings is 2. The number of fused-ring (bicyclic) bond motifs is 1. The van der Waals surface area contributed by atoms with E-state index in [-0.39, 0.29) is 0 Å². The zero-order valence-electron chi connectivity index (χ0n) is 14.7. The second-order valence-electron chi connectivity index (χ2n) is 6.52. The molecule has 5 heteroatoms. The zero-order valence-corrected chi connectivity index (χ0v) is 15.5. The molecule has 1 aromatic carbocycles. The molecule has 0 amide bonds. The minimum atomic E-state index is 0.532. The Kier molecular flexibility index (Phi) is 4.13. The van der Waals surface area contributed by atoms with E-state index in [1.807, 2.05) is 43.5 Å². The molecule has 0 aliphatic heterocycles. The van der Waals surface area contributed by atoms with Crippen LogP contribution in [0.3, 0.4) is 0 Å². The lowest BCUT2D eigenvalue weighted by atomic mass is 10.0. The molecule has 0 aliphatic rings. The van der Waals surface area contributed by atoms with Crippen molar-refractivity contribution in [2.75, 3.05) is 5.73 Å². The minimum Gasteiger partial charge on any atom is -0.384 e. The lowest BCUT2D eigenvalue weighted by molar-refractivity contribution is 1.05.